The summed E-state index contributed by atoms with van der Waals surface area (Å²) in [6.07, 6.45) is 1.60. The average Bonchev–Trinajstić information content (AvgIpc) is 2.55. The fourth-order valence-electron chi connectivity index (χ4n) is 2.48. The highest BCUT2D eigenvalue weighted by Crippen LogP contribution is 2.32. The molecule has 0 spiro atoms. The van der Waals surface area contributed by atoms with Gasteiger partial charge in [-0.2, -0.15) is 0 Å². The second kappa shape index (κ2) is 9.15. The second-order valence-electron chi connectivity index (χ2n) is 6.07. The lowest BCUT2D eigenvalue weighted by molar-refractivity contribution is -0.116. The van der Waals surface area contributed by atoms with E-state index >= 15 is 0 Å². The molecule has 0 aromatic heterocycles. The number of aryl methyl sites for hydroxylation is 1. The Hall–Kier alpha value is -1.47. The molecule has 0 saturated heterocycles. The van der Waals surface area contributed by atoms with Crippen molar-refractivity contribution in [1.29, 1.82) is 0 Å². The minimum absolute atomic E-state index is 0.119. The Bertz CT molecular complexity index is 949. The zero-order chi connectivity index (χ0) is 20.2. The number of carbonyl (C=O) groups excluding carboxylic acids is 1. The summed E-state index contributed by atoms with van der Waals surface area (Å²) in [5.41, 5.74) is 1.88. The summed E-state index contributed by atoms with van der Waals surface area (Å²) >= 11 is 17.8. The zero-order valence-electron chi connectivity index (χ0n) is 14.8. The fraction of sp³-hybridized carbons (Fsp3) is 0.278. The van der Waals surface area contributed by atoms with Gasteiger partial charge in [-0.15, -0.1) is 0 Å². The molecule has 2 aromatic rings. The first-order valence-corrected chi connectivity index (χ1v) is 11.0. The number of hydrogen-bond donors (Lipinski definition) is 1. The van der Waals surface area contributed by atoms with Crippen molar-refractivity contribution in [2.75, 3.05) is 22.4 Å². The lowest BCUT2D eigenvalue weighted by atomic mass is 10.2. The van der Waals surface area contributed by atoms with E-state index in [4.69, 9.17) is 34.8 Å². The molecule has 0 aliphatic rings. The third-order valence-electron chi connectivity index (χ3n) is 3.74. The molecule has 2 rings (SSSR count). The van der Waals surface area contributed by atoms with Crippen LogP contribution < -0.4 is 9.62 Å². The number of halogens is 3. The van der Waals surface area contributed by atoms with Gasteiger partial charge in [-0.1, -0.05) is 46.9 Å². The van der Waals surface area contributed by atoms with E-state index in [1.807, 2.05) is 13.0 Å². The maximum absolute atomic E-state index is 12.2. The number of nitrogens with one attached hydrogen (secondary N) is 1. The topological polar surface area (TPSA) is 66.5 Å². The molecular weight excluding hydrogens is 431 g/mol. The van der Waals surface area contributed by atoms with Gasteiger partial charge in [0.15, 0.2) is 0 Å². The van der Waals surface area contributed by atoms with Crippen LogP contribution in [0.1, 0.15) is 18.4 Å². The minimum atomic E-state index is -3.46. The van der Waals surface area contributed by atoms with Crippen molar-refractivity contribution in [3.8, 4) is 0 Å². The van der Waals surface area contributed by atoms with E-state index in [1.54, 1.807) is 18.2 Å². The van der Waals surface area contributed by atoms with Crippen molar-refractivity contribution in [3.63, 3.8) is 0 Å². The van der Waals surface area contributed by atoms with Crippen molar-refractivity contribution in [2.24, 2.45) is 0 Å². The van der Waals surface area contributed by atoms with E-state index in [2.05, 4.69) is 5.32 Å². The van der Waals surface area contributed by atoms with Crippen LogP contribution in [0.3, 0.4) is 0 Å². The summed E-state index contributed by atoms with van der Waals surface area (Å²) in [6, 6.07) is 10.1. The highest BCUT2D eigenvalue weighted by atomic mass is 35.5. The van der Waals surface area contributed by atoms with Crippen LogP contribution in [0.5, 0.6) is 0 Å². The molecule has 0 saturated carbocycles. The number of sulfonamides is 1. The summed E-state index contributed by atoms with van der Waals surface area (Å²) in [6.45, 7) is 2.07. The summed E-state index contributed by atoms with van der Waals surface area (Å²) in [5.74, 6) is -0.298. The van der Waals surface area contributed by atoms with Gasteiger partial charge in [-0.25, -0.2) is 8.42 Å². The normalized spacial score (nSPS) is 11.3. The molecule has 0 aliphatic heterocycles. The van der Waals surface area contributed by atoms with E-state index < -0.39 is 10.0 Å². The highest BCUT2D eigenvalue weighted by Gasteiger charge is 2.18. The molecule has 1 N–H and O–H groups in total. The lowest BCUT2D eigenvalue weighted by Gasteiger charge is -2.22. The molecule has 5 nitrogen and oxygen atoms in total. The van der Waals surface area contributed by atoms with Gasteiger partial charge < -0.3 is 5.32 Å². The molecule has 9 heteroatoms. The molecule has 0 fully saturated rings. The van der Waals surface area contributed by atoms with Crippen LogP contribution in [0.15, 0.2) is 36.4 Å². The molecular formula is C18H19Cl3N2O3S. The Morgan fingerprint density at radius 1 is 1.07 bits per heavy atom. The minimum Gasteiger partial charge on any atom is -0.325 e. The number of anilines is 2. The first kappa shape index (κ1) is 21.8. The molecule has 0 atom stereocenters. The van der Waals surface area contributed by atoms with Gasteiger partial charge in [0, 0.05) is 13.0 Å². The highest BCUT2D eigenvalue weighted by molar-refractivity contribution is 7.92. The zero-order valence-corrected chi connectivity index (χ0v) is 17.9. The van der Waals surface area contributed by atoms with E-state index in [1.165, 1.54) is 16.4 Å². The molecule has 2 aromatic carbocycles. The smallest absolute Gasteiger partial charge is 0.232 e. The Labute approximate surface area is 174 Å². The Morgan fingerprint density at radius 3 is 2.37 bits per heavy atom. The van der Waals surface area contributed by atoms with Crippen LogP contribution in [-0.2, 0) is 14.8 Å². The van der Waals surface area contributed by atoms with Crippen LogP contribution in [0.25, 0.3) is 0 Å². The first-order chi connectivity index (χ1) is 12.6. The summed E-state index contributed by atoms with van der Waals surface area (Å²) in [4.78, 5) is 12.2. The molecule has 0 aliphatic carbocycles. The monoisotopic (exact) mass is 448 g/mol. The molecule has 0 radical (unpaired) electrons. The van der Waals surface area contributed by atoms with Gasteiger partial charge >= 0.3 is 0 Å². The molecule has 1 amide bonds. The summed E-state index contributed by atoms with van der Waals surface area (Å²) in [5, 5.41) is 3.50. The SMILES string of the molecule is Cc1cccc(N(CCCC(=O)Nc2cc(Cl)c(Cl)cc2Cl)S(C)(=O)=O)c1. The van der Waals surface area contributed by atoms with Crippen LogP contribution in [0, 0.1) is 6.92 Å². The van der Waals surface area contributed by atoms with Gasteiger partial charge in [0.2, 0.25) is 15.9 Å². The second-order valence-corrected chi connectivity index (χ2v) is 9.20. The van der Waals surface area contributed by atoms with E-state index in [0.717, 1.165) is 11.8 Å². The number of hydrogen-bond acceptors (Lipinski definition) is 3. The van der Waals surface area contributed by atoms with Crippen LogP contribution in [-0.4, -0.2) is 27.1 Å². The predicted octanol–water partition coefficient (Wildman–Crippen LogP) is 5.14. The van der Waals surface area contributed by atoms with Crippen LogP contribution in [0.4, 0.5) is 11.4 Å². The van der Waals surface area contributed by atoms with Gasteiger partial charge in [0.1, 0.15) is 0 Å². The Balaban J connectivity index is 2.01. The Morgan fingerprint density at radius 2 is 1.74 bits per heavy atom. The molecule has 0 heterocycles. The average molecular weight is 450 g/mol. The van der Waals surface area contributed by atoms with E-state index in [9.17, 15) is 13.2 Å². The van der Waals surface area contributed by atoms with Gasteiger partial charge in [-0.05, 0) is 43.2 Å². The largest absolute Gasteiger partial charge is 0.325 e. The predicted molar refractivity (Wildman–Crippen MR) is 113 cm³/mol. The summed E-state index contributed by atoms with van der Waals surface area (Å²) in [7, 11) is -3.46. The number of rotatable bonds is 7. The molecule has 27 heavy (non-hydrogen) atoms. The fourth-order valence-corrected chi connectivity index (χ4v) is 4.04. The first-order valence-electron chi connectivity index (χ1n) is 8.06. The standard InChI is InChI=1S/C18H19Cl3N2O3S/c1-12-5-3-6-13(9-12)23(27(2,25)26)8-4-7-18(24)22-17-11-15(20)14(19)10-16(17)21/h3,5-6,9-11H,4,7-8H2,1-2H3,(H,22,24). The van der Waals surface area contributed by atoms with Gasteiger partial charge in [0.25, 0.3) is 0 Å². The van der Waals surface area contributed by atoms with Crippen LogP contribution in [0.2, 0.25) is 15.1 Å². The van der Waals surface area contributed by atoms with Crippen molar-refractivity contribution in [2.45, 2.75) is 19.8 Å². The number of carbonyl (C=O) groups is 1. The summed E-state index contributed by atoms with van der Waals surface area (Å²) < 4.78 is 25.5. The van der Waals surface area contributed by atoms with Crippen molar-refractivity contribution in [3.05, 3.63) is 57.0 Å². The molecule has 0 bridgehead atoms. The third-order valence-corrected chi connectivity index (χ3v) is 5.97. The number of nitrogens with zero attached hydrogens (tertiary/aromatic N) is 1. The van der Waals surface area contributed by atoms with Gasteiger partial charge in [0.05, 0.1) is 32.7 Å². The van der Waals surface area contributed by atoms with E-state index in [-0.39, 0.29) is 28.9 Å². The van der Waals surface area contributed by atoms with E-state index in [0.29, 0.717) is 22.8 Å². The number of benzene rings is 2. The maximum atomic E-state index is 12.2. The quantitative estimate of drug-likeness (QED) is 0.595. The molecule has 0 unspecified atom stereocenters. The van der Waals surface area contributed by atoms with Crippen molar-refractivity contribution in [1.82, 2.24) is 0 Å². The lowest BCUT2D eigenvalue weighted by Crippen LogP contribution is -2.31. The number of amides is 1. The molecule has 146 valence electrons. The van der Waals surface area contributed by atoms with Gasteiger partial charge in [-0.3, -0.25) is 9.10 Å². The van der Waals surface area contributed by atoms with Crippen molar-refractivity contribution >= 4 is 62.1 Å². The van der Waals surface area contributed by atoms with Crippen LogP contribution >= 0.6 is 34.8 Å². The maximum Gasteiger partial charge on any atom is 0.232 e. The van der Waals surface area contributed by atoms with Crippen molar-refractivity contribution < 1.29 is 13.2 Å². The Kier molecular flexibility index (Phi) is 7.40. The third kappa shape index (κ3) is 6.28.